The van der Waals surface area contributed by atoms with Crippen molar-refractivity contribution in [1.29, 1.82) is 0 Å². The van der Waals surface area contributed by atoms with Crippen molar-refractivity contribution in [2.24, 2.45) is 0 Å². The third-order valence-corrected chi connectivity index (χ3v) is 3.01. The van der Waals surface area contributed by atoms with Crippen LogP contribution in [0.2, 0.25) is 0 Å². The van der Waals surface area contributed by atoms with E-state index < -0.39 is 11.9 Å². The summed E-state index contributed by atoms with van der Waals surface area (Å²) in [5, 5.41) is 0.0739. The molecule has 0 unspecified atom stereocenters. The minimum Gasteiger partial charge on any atom is -0.465 e. The molecular formula is C13H14FNO3S. The van der Waals surface area contributed by atoms with Crippen molar-refractivity contribution in [3.8, 4) is 0 Å². The van der Waals surface area contributed by atoms with Gasteiger partial charge in [-0.1, -0.05) is 23.9 Å². The minimum atomic E-state index is -0.851. The quantitative estimate of drug-likeness (QED) is 0.472. The number of carbonyl (C=O) groups is 2. The minimum absolute atomic E-state index is 0.0739. The monoisotopic (exact) mass is 283 g/mol. The van der Waals surface area contributed by atoms with Crippen molar-refractivity contribution < 1.29 is 18.7 Å². The van der Waals surface area contributed by atoms with E-state index >= 15 is 0 Å². The molecule has 0 saturated heterocycles. The molecule has 0 N–H and O–H groups in total. The van der Waals surface area contributed by atoms with E-state index in [1.165, 1.54) is 38.1 Å². The van der Waals surface area contributed by atoms with E-state index in [0.717, 1.165) is 0 Å². The summed E-state index contributed by atoms with van der Waals surface area (Å²) >= 11 is 1.24. The number of thioether (sulfide) groups is 1. The third kappa shape index (κ3) is 5.21. The summed E-state index contributed by atoms with van der Waals surface area (Å²) in [5.74, 6) is -0.923. The summed E-state index contributed by atoms with van der Waals surface area (Å²) in [4.78, 5) is 25.5. The first-order valence-electron chi connectivity index (χ1n) is 5.58. The van der Waals surface area contributed by atoms with E-state index in [-0.39, 0.29) is 10.7 Å². The Hall–Kier alpha value is -1.69. The van der Waals surface area contributed by atoms with Crippen LogP contribution in [0, 0.1) is 5.95 Å². The van der Waals surface area contributed by atoms with Crippen LogP contribution in [0.25, 0.3) is 6.08 Å². The molecule has 0 spiro atoms. The van der Waals surface area contributed by atoms with Gasteiger partial charge in [0.1, 0.15) is 5.56 Å². The predicted molar refractivity (Wildman–Crippen MR) is 72.3 cm³/mol. The van der Waals surface area contributed by atoms with Crippen LogP contribution in [0.15, 0.2) is 18.3 Å². The third-order valence-electron chi connectivity index (χ3n) is 2.17. The van der Waals surface area contributed by atoms with Gasteiger partial charge >= 0.3 is 5.97 Å². The summed E-state index contributed by atoms with van der Waals surface area (Å²) in [7, 11) is 1.18. The Morgan fingerprint density at radius 1 is 1.53 bits per heavy atom. The topological polar surface area (TPSA) is 56.3 Å². The molecule has 0 amide bonds. The number of aromatic nitrogens is 1. The van der Waals surface area contributed by atoms with Crippen LogP contribution in [0.1, 0.15) is 29.3 Å². The van der Waals surface area contributed by atoms with Gasteiger partial charge < -0.3 is 4.74 Å². The lowest BCUT2D eigenvalue weighted by Crippen LogP contribution is -2.06. The molecule has 0 radical (unpaired) electrons. The van der Waals surface area contributed by atoms with E-state index in [1.807, 2.05) is 6.08 Å². The van der Waals surface area contributed by atoms with E-state index in [9.17, 15) is 14.0 Å². The predicted octanol–water partition coefficient (Wildman–Crippen LogP) is 2.69. The van der Waals surface area contributed by atoms with Gasteiger partial charge in [0.15, 0.2) is 5.12 Å². The maximum Gasteiger partial charge on any atom is 0.342 e. The van der Waals surface area contributed by atoms with Gasteiger partial charge in [-0.25, -0.2) is 9.78 Å². The first kappa shape index (κ1) is 15.4. The fourth-order valence-electron chi connectivity index (χ4n) is 1.30. The summed E-state index contributed by atoms with van der Waals surface area (Å²) in [6.45, 7) is 1.51. The standard InChI is InChI=1S/C13H14FNO3S/c1-9(16)19-6-4-3-5-10-7-11(13(17)18-2)12(14)15-8-10/h3,5,7-8H,4,6H2,1-2H3. The molecular weight excluding hydrogens is 269 g/mol. The molecule has 0 aliphatic heterocycles. The zero-order valence-electron chi connectivity index (χ0n) is 10.7. The smallest absolute Gasteiger partial charge is 0.342 e. The number of carbonyl (C=O) groups excluding carboxylic acids is 2. The lowest BCUT2D eigenvalue weighted by atomic mass is 10.2. The molecule has 0 aliphatic rings. The van der Waals surface area contributed by atoms with Gasteiger partial charge in [-0.3, -0.25) is 4.79 Å². The van der Waals surface area contributed by atoms with Crippen LogP contribution in [-0.4, -0.2) is 28.9 Å². The van der Waals surface area contributed by atoms with Crippen molar-refractivity contribution in [1.82, 2.24) is 4.98 Å². The Bertz CT molecular complexity index is 503. The van der Waals surface area contributed by atoms with Gasteiger partial charge in [-0.15, -0.1) is 0 Å². The zero-order valence-corrected chi connectivity index (χ0v) is 11.5. The molecule has 0 saturated carbocycles. The van der Waals surface area contributed by atoms with Gasteiger partial charge in [0.25, 0.3) is 0 Å². The van der Waals surface area contributed by atoms with E-state index in [1.54, 1.807) is 6.08 Å². The van der Waals surface area contributed by atoms with Crippen LogP contribution in [0.3, 0.4) is 0 Å². The van der Waals surface area contributed by atoms with Crippen LogP contribution >= 0.6 is 11.8 Å². The highest BCUT2D eigenvalue weighted by Gasteiger charge is 2.13. The van der Waals surface area contributed by atoms with Gasteiger partial charge in [0, 0.05) is 18.9 Å². The number of nitrogens with zero attached hydrogens (tertiary/aromatic N) is 1. The maximum atomic E-state index is 13.3. The van der Waals surface area contributed by atoms with Crippen LogP contribution in [0.4, 0.5) is 4.39 Å². The molecule has 0 aromatic carbocycles. The van der Waals surface area contributed by atoms with Crippen molar-refractivity contribution >= 4 is 28.9 Å². The molecule has 4 nitrogen and oxygen atoms in total. The van der Waals surface area contributed by atoms with Gasteiger partial charge in [0.2, 0.25) is 5.95 Å². The summed E-state index contributed by atoms with van der Waals surface area (Å²) in [6.07, 6.45) is 5.59. The number of ether oxygens (including phenoxy) is 1. The second-order valence-corrected chi connectivity index (χ2v) is 4.90. The molecule has 0 fully saturated rings. The second kappa shape index (κ2) is 7.68. The molecule has 1 aromatic heterocycles. The average Bonchev–Trinajstić information content (AvgIpc) is 2.39. The van der Waals surface area contributed by atoms with Crippen molar-refractivity contribution in [3.05, 3.63) is 35.4 Å². The first-order valence-corrected chi connectivity index (χ1v) is 6.57. The van der Waals surface area contributed by atoms with Gasteiger partial charge in [0.05, 0.1) is 7.11 Å². The van der Waals surface area contributed by atoms with Crippen molar-refractivity contribution in [2.45, 2.75) is 13.3 Å². The number of pyridine rings is 1. The molecule has 6 heteroatoms. The number of halogens is 1. The normalized spacial score (nSPS) is 10.7. The molecule has 19 heavy (non-hydrogen) atoms. The van der Waals surface area contributed by atoms with Gasteiger partial charge in [-0.05, 0) is 18.1 Å². The molecule has 102 valence electrons. The summed E-state index contributed by atoms with van der Waals surface area (Å²) in [6, 6.07) is 1.38. The molecule has 0 aliphatic carbocycles. The van der Waals surface area contributed by atoms with Crippen LogP contribution in [-0.2, 0) is 9.53 Å². The van der Waals surface area contributed by atoms with Crippen molar-refractivity contribution in [2.75, 3.05) is 12.9 Å². The highest BCUT2D eigenvalue weighted by Crippen LogP contribution is 2.11. The Morgan fingerprint density at radius 2 is 2.26 bits per heavy atom. The second-order valence-electron chi connectivity index (χ2n) is 3.63. The SMILES string of the molecule is COC(=O)c1cc(C=CCCSC(C)=O)cnc1F. The molecule has 0 bridgehead atoms. The number of methoxy groups -OCH3 is 1. The first-order chi connectivity index (χ1) is 9.04. The lowest BCUT2D eigenvalue weighted by molar-refractivity contribution is -0.109. The Morgan fingerprint density at radius 3 is 2.89 bits per heavy atom. The zero-order chi connectivity index (χ0) is 14.3. The summed E-state index contributed by atoms with van der Waals surface area (Å²) in [5.41, 5.74) is 0.414. The Balaban J connectivity index is 2.66. The fourth-order valence-corrected chi connectivity index (χ4v) is 1.84. The average molecular weight is 283 g/mol. The highest BCUT2D eigenvalue weighted by molar-refractivity contribution is 8.13. The van der Waals surface area contributed by atoms with E-state index in [0.29, 0.717) is 17.7 Å². The maximum absolute atomic E-state index is 13.3. The van der Waals surface area contributed by atoms with Gasteiger partial charge in [-0.2, -0.15) is 4.39 Å². The Kier molecular flexibility index (Phi) is 6.21. The van der Waals surface area contributed by atoms with Crippen LogP contribution < -0.4 is 0 Å². The largest absolute Gasteiger partial charge is 0.465 e. The lowest BCUT2D eigenvalue weighted by Gasteiger charge is -2.01. The Labute approximate surface area is 115 Å². The number of hydrogen-bond donors (Lipinski definition) is 0. The number of esters is 1. The number of rotatable bonds is 5. The van der Waals surface area contributed by atoms with E-state index in [2.05, 4.69) is 9.72 Å². The molecule has 1 aromatic rings. The highest BCUT2D eigenvalue weighted by atomic mass is 32.2. The molecule has 0 atom stereocenters. The van der Waals surface area contributed by atoms with Crippen molar-refractivity contribution in [3.63, 3.8) is 0 Å². The molecule has 1 heterocycles. The number of allylic oxidation sites excluding steroid dienone is 1. The van der Waals surface area contributed by atoms with Crippen LogP contribution in [0.5, 0.6) is 0 Å². The van der Waals surface area contributed by atoms with E-state index in [4.69, 9.17) is 0 Å². The fraction of sp³-hybridized carbons (Fsp3) is 0.308. The molecule has 1 rings (SSSR count). The number of hydrogen-bond acceptors (Lipinski definition) is 5. The summed E-state index contributed by atoms with van der Waals surface area (Å²) < 4.78 is 17.7.